The molecule has 4 heteroatoms. The zero-order chi connectivity index (χ0) is 9.97. The van der Waals surface area contributed by atoms with Gasteiger partial charge in [0.05, 0.1) is 0 Å². The summed E-state index contributed by atoms with van der Waals surface area (Å²) in [5.74, 6) is 1.90. The minimum atomic E-state index is 0.733. The summed E-state index contributed by atoms with van der Waals surface area (Å²) in [6.07, 6.45) is 4.89. The molecule has 0 amide bonds. The number of rotatable bonds is 4. The smallest absolute Gasteiger partial charge is 0.109 e. The molecule has 1 aliphatic rings. The van der Waals surface area contributed by atoms with Gasteiger partial charge in [-0.05, 0) is 12.5 Å². The van der Waals surface area contributed by atoms with E-state index in [1.54, 1.807) is 0 Å². The number of aryl methyl sites for hydroxylation is 1. The molecule has 0 aromatic carbocycles. The van der Waals surface area contributed by atoms with Gasteiger partial charge in [-0.2, -0.15) is 0 Å². The van der Waals surface area contributed by atoms with Gasteiger partial charge in [0.1, 0.15) is 5.82 Å². The fraction of sp³-hybridized carbons (Fsp3) is 0.700. The predicted molar refractivity (Wildman–Crippen MR) is 55.9 cm³/mol. The van der Waals surface area contributed by atoms with Crippen LogP contribution in [0, 0.1) is 5.92 Å². The maximum absolute atomic E-state index is 5.57. The van der Waals surface area contributed by atoms with Crippen LogP contribution in [0.4, 0.5) is 0 Å². The van der Waals surface area contributed by atoms with Gasteiger partial charge in [0.25, 0.3) is 0 Å². The molecule has 4 nitrogen and oxygen atoms in total. The lowest BCUT2D eigenvalue weighted by Gasteiger charge is -2.38. The van der Waals surface area contributed by atoms with Crippen molar-refractivity contribution in [1.82, 2.24) is 14.5 Å². The maximum atomic E-state index is 5.57. The number of hydrogen-bond donors (Lipinski definition) is 1. The minimum absolute atomic E-state index is 0.733. The fourth-order valence-corrected chi connectivity index (χ4v) is 1.90. The van der Waals surface area contributed by atoms with Crippen LogP contribution in [0.1, 0.15) is 5.82 Å². The first-order valence-electron chi connectivity index (χ1n) is 5.18. The minimum Gasteiger partial charge on any atom is -0.338 e. The molecule has 1 aromatic heterocycles. The van der Waals surface area contributed by atoms with Gasteiger partial charge < -0.3 is 15.2 Å². The van der Waals surface area contributed by atoms with Gasteiger partial charge in [0, 0.05) is 45.5 Å². The van der Waals surface area contributed by atoms with Crippen LogP contribution in [0.15, 0.2) is 12.4 Å². The van der Waals surface area contributed by atoms with Crippen LogP contribution in [0.2, 0.25) is 0 Å². The Hall–Kier alpha value is -0.870. The Morgan fingerprint density at radius 3 is 2.93 bits per heavy atom. The van der Waals surface area contributed by atoms with E-state index in [1.807, 2.05) is 19.4 Å². The van der Waals surface area contributed by atoms with E-state index in [-0.39, 0.29) is 0 Å². The quantitative estimate of drug-likeness (QED) is 0.725. The molecule has 2 N–H and O–H groups in total. The second kappa shape index (κ2) is 4.11. The first kappa shape index (κ1) is 9.68. The van der Waals surface area contributed by atoms with Crippen LogP contribution in [0.25, 0.3) is 0 Å². The monoisotopic (exact) mass is 194 g/mol. The van der Waals surface area contributed by atoms with E-state index in [0.717, 1.165) is 25.4 Å². The van der Waals surface area contributed by atoms with Crippen molar-refractivity contribution in [2.24, 2.45) is 18.7 Å². The van der Waals surface area contributed by atoms with E-state index in [1.165, 1.54) is 18.9 Å². The predicted octanol–water partition coefficient (Wildman–Crippen LogP) is -0.147. The van der Waals surface area contributed by atoms with Crippen molar-refractivity contribution in [3.8, 4) is 0 Å². The molecule has 2 rings (SSSR count). The van der Waals surface area contributed by atoms with Gasteiger partial charge in [-0.15, -0.1) is 0 Å². The van der Waals surface area contributed by atoms with Crippen molar-refractivity contribution in [1.29, 1.82) is 0 Å². The highest BCUT2D eigenvalue weighted by molar-refractivity contribution is 4.93. The van der Waals surface area contributed by atoms with E-state index in [4.69, 9.17) is 5.73 Å². The Morgan fingerprint density at radius 1 is 1.57 bits per heavy atom. The molecule has 0 atom stereocenters. The lowest BCUT2D eigenvalue weighted by Crippen LogP contribution is -2.50. The molecule has 0 saturated carbocycles. The summed E-state index contributed by atoms with van der Waals surface area (Å²) in [6.45, 7) is 4.28. The molecule has 1 saturated heterocycles. The van der Waals surface area contributed by atoms with Crippen molar-refractivity contribution in [3.63, 3.8) is 0 Å². The zero-order valence-electron chi connectivity index (χ0n) is 8.69. The molecule has 0 aliphatic carbocycles. The molecule has 0 spiro atoms. The third kappa shape index (κ3) is 1.96. The second-order valence-corrected chi connectivity index (χ2v) is 4.07. The summed E-state index contributed by atoms with van der Waals surface area (Å²) < 4.78 is 2.08. The summed E-state index contributed by atoms with van der Waals surface area (Å²) in [5, 5.41) is 0. The maximum Gasteiger partial charge on any atom is 0.109 e. The van der Waals surface area contributed by atoms with Crippen molar-refractivity contribution in [3.05, 3.63) is 18.2 Å². The number of aromatic nitrogens is 2. The number of hydrogen-bond acceptors (Lipinski definition) is 3. The highest BCUT2D eigenvalue weighted by Gasteiger charge is 2.24. The van der Waals surface area contributed by atoms with Gasteiger partial charge in [-0.1, -0.05) is 0 Å². The van der Waals surface area contributed by atoms with E-state index >= 15 is 0 Å². The number of likely N-dealkylation sites (tertiary alicyclic amines) is 1. The zero-order valence-corrected chi connectivity index (χ0v) is 8.69. The highest BCUT2D eigenvalue weighted by Crippen LogP contribution is 2.13. The normalized spacial score (nSPS) is 18.4. The summed E-state index contributed by atoms with van der Waals surface area (Å²) in [7, 11) is 2.04. The first-order chi connectivity index (χ1) is 6.79. The molecule has 0 radical (unpaired) electrons. The van der Waals surface area contributed by atoms with Crippen molar-refractivity contribution < 1.29 is 0 Å². The molecule has 0 bridgehead atoms. The van der Waals surface area contributed by atoms with Crippen LogP contribution in [-0.4, -0.2) is 40.6 Å². The largest absolute Gasteiger partial charge is 0.338 e. The van der Waals surface area contributed by atoms with Gasteiger partial charge >= 0.3 is 0 Å². The van der Waals surface area contributed by atoms with Crippen LogP contribution in [-0.2, 0) is 13.5 Å². The average Bonchev–Trinajstić information content (AvgIpc) is 2.49. The van der Waals surface area contributed by atoms with Gasteiger partial charge in [-0.3, -0.25) is 0 Å². The molecule has 2 heterocycles. The van der Waals surface area contributed by atoms with E-state index in [0.29, 0.717) is 0 Å². The molecule has 78 valence electrons. The molecule has 1 aromatic rings. The Bertz CT molecular complexity index is 288. The second-order valence-electron chi connectivity index (χ2n) is 4.07. The molecular formula is C10H18N4. The summed E-state index contributed by atoms with van der Waals surface area (Å²) in [5.41, 5.74) is 5.57. The van der Waals surface area contributed by atoms with Crippen molar-refractivity contribution in [2.75, 3.05) is 26.2 Å². The number of nitrogens with two attached hydrogens (primary N) is 1. The van der Waals surface area contributed by atoms with Crippen LogP contribution in [0.5, 0.6) is 0 Å². The Kier molecular flexibility index (Phi) is 2.84. The fourth-order valence-electron chi connectivity index (χ4n) is 1.90. The standard InChI is InChI=1S/C10H18N4/c1-13-5-3-12-10(13)2-4-14-7-9(6-11)8-14/h3,5,9H,2,4,6-8,11H2,1H3. The van der Waals surface area contributed by atoms with Crippen LogP contribution < -0.4 is 5.73 Å². The average molecular weight is 194 g/mol. The van der Waals surface area contributed by atoms with E-state index in [9.17, 15) is 0 Å². The number of nitrogens with zero attached hydrogens (tertiary/aromatic N) is 3. The lowest BCUT2D eigenvalue weighted by atomic mass is 10.0. The van der Waals surface area contributed by atoms with Crippen molar-refractivity contribution in [2.45, 2.75) is 6.42 Å². The third-order valence-corrected chi connectivity index (χ3v) is 2.94. The Balaban J connectivity index is 1.72. The molecule has 1 aliphatic heterocycles. The summed E-state index contributed by atoms with van der Waals surface area (Å²) in [6, 6.07) is 0. The lowest BCUT2D eigenvalue weighted by molar-refractivity contribution is 0.107. The van der Waals surface area contributed by atoms with Gasteiger partial charge in [0.2, 0.25) is 0 Å². The third-order valence-electron chi connectivity index (χ3n) is 2.94. The SMILES string of the molecule is Cn1ccnc1CCN1CC(CN)C1. The molecule has 14 heavy (non-hydrogen) atoms. The Labute approximate surface area is 84.7 Å². The molecular weight excluding hydrogens is 176 g/mol. The van der Waals surface area contributed by atoms with Crippen molar-refractivity contribution >= 4 is 0 Å². The molecule has 1 fully saturated rings. The molecule has 0 unspecified atom stereocenters. The first-order valence-corrected chi connectivity index (χ1v) is 5.18. The summed E-state index contributed by atoms with van der Waals surface area (Å²) >= 11 is 0. The van der Waals surface area contributed by atoms with Gasteiger partial charge in [-0.25, -0.2) is 4.98 Å². The summed E-state index contributed by atoms with van der Waals surface area (Å²) in [4.78, 5) is 6.73. The Morgan fingerprint density at radius 2 is 2.36 bits per heavy atom. The number of imidazole rings is 1. The van der Waals surface area contributed by atoms with Gasteiger partial charge in [0.15, 0.2) is 0 Å². The topological polar surface area (TPSA) is 47.1 Å². The van der Waals surface area contributed by atoms with E-state index < -0.39 is 0 Å². The van der Waals surface area contributed by atoms with Crippen LogP contribution >= 0.6 is 0 Å². The van der Waals surface area contributed by atoms with E-state index in [2.05, 4.69) is 14.5 Å². The highest BCUT2D eigenvalue weighted by atomic mass is 15.2. The van der Waals surface area contributed by atoms with Crippen LogP contribution in [0.3, 0.4) is 0 Å².